The largest absolute Gasteiger partial charge is 0.380 e. The summed E-state index contributed by atoms with van der Waals surface area (Å²) in [5.74, 6) is 10.7. The third-order valence-electron chi connectivity index (χ3n) is 3.11. The third-order valence-corrected chi connectivity index (χ3v) is 3.11. The summed E-state index contributed by atoms with van der Waals surface area (Å²) in [6, 6.07) is 15.3. The molecular weight excluding hydrogens is 318 g/mol. The van der Waals surface area contributed by atoms with Crippen molar-refractivity contribution in [3.63, 3.8) is 0 Å². The van der Waals surface area contributed by atoms with E-state index in [4.69, 9.17) is 16.4 Å². The second-order valence-corrected chi connectivity index (χ2v) is 4.85. The van der Waals surface area contributed by atoms with Crippen molar-refractivity contribution in [2.75, 3.05) is 12.4 Å². The number of hydrazone groups is 1. The summed E-state index contributed by atoms with van der Waals surface area (Å²) in [4.78, 5) is 10.4. The molecule has 2 aromatic rings. The van der Waals surface area contributed by atoms with Gasteiger partial charge in [0, 0.05) is 18.4 Å². The van der Waals surface area contributed by atoms with Crippen molar-refractivity contribution in [1.82, 2.24) is 5.43 Å². The number of benzene rings is 2. The lowest BCUT2D eigenvalue weighted by molar-refractivity contribution is -0.105. The molecule has 0 heterocycles. The molecule has 0 fully saturated rings. The molecule has 2 aromatic carbocycles. The SMILES string of the molecule is C=Cc1cc(NC=O)cc(/C(=N/N)NN)c1.COCc1ccccc1. The second kappa shape index (κ2) is 11.4. The van der Waals surface area contributed by atoms with Crippen molar-refractivity contribution in [2.24, 2.45) is 16.8 Å². The van der Waals surface area contributed by atoms with Crippen molar-refractivity contribution in [2.45, 2.75) is 6.61 Å². The number of nitrogens with one attached hydrogen (secondary N) is 2. The van der Waals surface area contributed by atoms with Gasteiger partial charge in [0.15, 0.2) is 5.84 Å². The average Bonchev–Trinajstić information content (AvgIpc) is 2.64. The topological polar surface area (TPSA) is 115 Å². The summed E-state index contributed by atoms with van der Waals surface area (Å²) in [7, 11) is 1.70. The minimum Gasteiger partial charge on any atom is -0.380 e. The lowest BCUT2D eigenvalue weighted by Crippen LogP contribution is -2.32. The molecule has 7 nitrogen and oxygen atoms in total. The highest BCUT2D eigenvalue weighted by Gasteiger charge is 2.04. The Labute approximate surface area is 147 Å². The van der Waals surface area contributed by atoms with Gasteiger partial charge in [0.1, 0.15) is 0 Å². The van der Waals surface area contributed by atoms with Crippen LogP contribution in [0.5, 0.6) is 0 Å². The van der Waals surface area contributed by atoms with Gasteiger partial charge < -0.3 is 21.3 Å². The molecule has 0 aliphatic heterocycles. The Morgan fingerprint density at radius 2 is 2.00 bits per heavy atom. The molecule has 6 N–H and O–H groups in total. The van der Waals surface area contributed by atoms with Crippen LogP contribution in [-0.4, -0.2) is 19.4 Å². The predicted octanol–water partition coefficient (Wildman–Crippen LogP) is 1.81. The predicted molar refractivity (Wildman–Crippen MR) is 101 cm³/mol. The van der Waals surface area contributed by atoms with Crippen molar-refractivity contribution in [3.05, 3.63) is 71.8 Å². The van der Waals surface area contributed by atoms with Crippen LogP contribution in [-0.2, 0) is 16.1 Å². The number of ether oxygens (including phenoxy) is 1. The van der Waals surface area contributed by atoms with Crippen molar-refractivity contribution in [1.29, 1.82) is 0 Å². The molecule has 0 atom stereocenters. The molecule has 132 valence electrons. The van der Waals surface area contributed by atoms with Gasteiger partial charge in [-0.2, -0.15) is 5.10 Å². The lowest BCUT2D eigenvalue weighted by atomic mass is 10.1. The van der Waals surface area contributed by atoms with E-state index in [9.17, 15) is 4.79 Å². The highest BCUT2D eigenvalue weighted by Crippen LogP contribution is 2.15. The number of nitrogens with two attached hydrogens (primary N) is 2. The molecule has 1 amide bonds. The number of nitrogens with zero attached hydrogens (tertiary/aromatic N) is 1. The first-order valence-electron chi connectivity index (χ1n) is 7.43. The molecule has 0 bridgehead atoms. The summed E-state index contributed by atoms with van der Waals surface area (Å²) in [5.41, 5.74) is 5.67. The van der Waals surface area contributed by atoms with Gasteiger partial charge in [-0.05, 0) is 29.3 Å². The number of rotatable bonds is 6. The van der Waals surface area contributed by atoms with Crippen molar-refractivity contribution >= 4 is 24.0 Å². The zero-order chi connectivity index (χ0) is 18.5. The molecule has 0 radical (unpaired) electrons. The Kier molecular flexibility index (Phi) is 9.06. The maximum absolute atomic E-state index is 10.4. The van der Waals surface area contributed by atoms with Crippen LogP contribution in [0.4, 0.5) is 5.69 Å². The van der Waals surface area contributed by atoms with Gasteiger partial charge in [-0.1, -0.05) is 43.0 Å². The van der Waals surface area contributed by atoms with E-state index in [2.05, 4.69) is 22.4 Å². The normalized spacial score (nSPS) is 10.2. The van der Waals surface area contributed by atoms with Crippen molar-refractivity contribution in [3.8, 4) is 0 Å². The first-order chi connectivity index (χ1) is 12.2. The minimum atomic E-state index is 0.317. The van der Waals surface area contributed by atoms with Gasteiger partial charge in [-0.15, -0.1) is 0 Å². The van der Waals surface area contributed by atoms with Gasteiger partial charge in [0.25, 0.3) is 0 Å². The number of hydrogen-bond acceptors (Lipinski definition) is 5. The summed E-state index contributed by atoms with van der Waals surface area (Å²) in [5, 5.41) is 6.02. The van der Waals surface area contributed by atoms with Crippen LogP contribution in [0.25, 0.3) is 6.08 Å². The van der Waals surface area contributed by atoms with Crippen LogP contribution in [0.3, 0.4) is 0 Å². The van der Waals surface area contributed by atoms with Crippen LogP contribution >= 0.6 is 0 Å². The third kappa shape index (κ3) is 6.86. The summed E-state index contributed by atoms with van der Waals surface area (Å²) < 4.78 is 4.93. The number of carbonyl (C=O) groups excluding carboxylic acids is 1. The van der Waals surface area contributed by atoms with E-state index in [0.29, 0.717) is 30.1 Å². The fourth-order valence-electron chi connectivity index (χ4n) is 1.99. The Hall–Kier alpha value is -3.16. The van der Waals surface area contributed by atoms with Crippen LogP contribution in [0, 0.1) is 0 Å². The maximum atomic E-state index is 10.4. The van der Waals surface area contributed by atoms with Crippen LogP contribution in [0.1, 0.15) is 16.7 Å². The van der Waals surface area contributed by atoms with E-state index in [0.717, 1.165) is 5.56 Å². The monoisotopic (exact) mass is 341 g/mol. The number of amides is 1. The quantitative estimate of drug-likeness (QED) is 0.210. The number of hydrazine groups is 1. The first-order valence-corrected chi connectivity index (χ1v) is 7.43. The molecule has 2 rings (SSSR count). The van der Waals surface area contributed by atoms with Gasteiger partial charge in [0.05, 0.1) is 6.61 Å². The van der Waals surface area contributed by atoms with E-state index >= 15 is 0 Å². The Balaban J connectivity index is 0.000000293. The Morgan fingerprint density at radius 1 is 1.28 bits per heavy atom. The lowest BCUT2D eigenvalue weighted by Gasteiger charge is -2.08. The average molecular weight is 341 g/mol. The molecule has 0 spiro atoms. The van der Waals surface area contributed by atoms with Crippen LogP contribution in [0.2, 0.25) is 0 Å². The molecular formula is C18H23N5O2. The second-order valence-electron chi connectivity index (χ2n) is 4.85. The minimum absolute atomic E-state index is 0.317. The molecule has 0 saturated carbocycles. The number of methoxy groups -OCH3 is 1. The highest BCUT2D eigenvalue weighted by molar-refractivity contribution is 5.99. The highest BCUT2D eigenvalue weighted by atomic mass is 16.5. The van der Waals surface area contributed by atoms with Gasteiger partial charge in [-0.3, -0.25) is 4.79 Å². The van der Waals surface area contributed by atoms with E-state index in [1.807, 2.05) is 30.3 Å². The molecule has 25 heavy (non-hydrogen) atoms. The molecule has 0 aliphatic carbocycles. The molecule has 0 aliphatic rings. The van der Waals surface area contributed by atoms with Gasteiger partial charge in [0.2, 0.25) is 6.41 Å². The van der Waals surface area contributed by atoms with Gasteiger partial charge in [-0.25, -0.2) is 5.84 Å². The summed E-state index contributed by atoms with van der Waals surface area (Å²) in [6.45, 7) is 4.35. The van der Waals surface area contributed by atoms with E-state index in [1.54, 1.807) is 31.4 Å². The smallest absolute Gasteiger partial charge is 0.211 e. The zero-order valence-electron chi connectivity index (χ0n) is 14.1. The number of carbonyl (C=O) groups is 1. The summed E-state index contributed by atoms with van der Waals surface area (Å²) in [6.07, 6.45) is 2.23. The molecule has 0 aromatic heterocycles. The van der Waals surface area contributed by atoms with Crippen molar-refractivity contribution < 1.29 is 9.53 Å². The fraction of sp³-hybridized carbons (Fsp3) is 0.111. The van der Waals surface area contributed by atoms with E-state index in [1.165, 1.54) is 5.56 Å². The fourth-order valence-corrected chi connectivity index (χ4v) is 1.99. The Bertz CT molecular complexity index is 702. The molecule has 0 saturated heterocycles. The number of anilines is 1. The van der Waals surface area contributed by atoms with Crippen LogP contribution < -0.4 is 22.4 Å². The van der Waals surface area contributed by atoms with E-state index in [-0.39, 0.29) is 0 Å². The number of amidine groups is 1. The first kappa shape index (κ1) is 19.9. The van der Waals surface area contributed by atoms with E-state index < -0.39 is 0 Å². The molecule has 7 heteroatoms. The van der Waals surface area contributed by atoms with Gasteiger partial charge >= 0.3 is 0 Å². The number of hydrogen-bond donors (Lipinski definition) is 4. The maximum Gasteiger partial charge on any atom is 0.211 e. The summed E-state index contributed by atoms with van der Waals surface area (Å²) >= 11 is 0. The standard InChI is InChI=1S/C10H13N5O.C8H10O/c1-2-7-3-8(10(14-11)15-12)5-9(4-7)13-6-16;1-9-7-8-5-3-2-4-6-8/h2-6H,1,11-12H2,(H,13,16)(H,14,15);2-6H,7H2,1H3. The van der Waals surface area contributed by atoms with Crippen LogP contribution in [0.15, 0.2) is 60.2 Å². The zero-order valence-corrected chi connectivity index (χ0v) is 14.1. The molecule has 0 unspecified atom stereocenters. The Morgan fingerprint density at radius 3 is 2.52 bits per heavy atom.